The normalized spacial score (nSPS) is 10.6. The summed E-state index contributed by atoms with van der Waals surface area (Å²) in [6.07, 6.45) is 0. The minimum absolute atomic E-state index is 0.105. The number of hydrogen-bond donors (Lipinski definition) is 0. The lowest BCUT2D eigenvalue weighted by atomic mass is 10.1. The monoisotopic (exact) mass is 316 g/mol. The molecule has 0 fully saturated rings. The molecule has 17 heavy (non-hydrogen) atoms. The highest BCUT2D eigenvalue weighted by Gasteiger charge is 2.19. The molecule has 1 nitrogen and oxygen atoms in total. The Morgan fingerprint density at radius 2 is 2.00 bits per heavy atom. The van der Waals surface area contributed by atoms with Gasteiger partial charge >= 0.3 is 0 Å². The van der Waals surface area contributed by atoms with Crippen LogP contribution in [0.3, 0.4) is 0 Å². The second kappa shape index (κ2) is 4.66. The predicted octanol–water partition coefficient (Wildman–Crippen LogP) is 4.33. The summed E-state index contributed by atoms with van der Waals surface area (Å²) in [5.41, 5.74) is 0.148. The van der Waals surface area contributed by atoms with Gasteiger partial charge in [0.1, 0.15) is 11.6 Å². The van der Waals surface area contributed by atoms with E-state index in [1.54, 1.807) is 11.4 Å². The maximum absolute atomic E-state index is 13.5. The van der Waals surface area contributed by atoms with Crippen molar-refractivity contribution in [2.45, 2.75) is 6.92 Å². The molecule has 5 heteroatoms. The first-order valence-corrected chi connectivity index (χ1v) is 6.41. The summed E-state index contributed by atoms with van der Waals surface area (Å²) in [5, 5.41) is 1.73. The fourth-order valence-corrected chi connectivity index (χ4v) is 2.91. The molecular weight excluding hydrogens is 310 g/mol. The van der Waals surface area contributed by atoms with E-state index in [0.717, 1.165) is 6.07 Å². The molecular formula is C12H7BrF2OS. The summed E-state index contributed by atoms with van der Waals surface area (Å²) >= 11 is 4.43. The number of carbonyl (C=O) groups is 1. The van der Waals surface area contributed by atoms with Gasteiger partial charge in [-0.05, 0) is 45.9 Å². The Morgan fingerprint density at radius 3 is 2.59 bits per heavy atom. The lowest BCUT2D eigenvalue weighted by Crippen LogP contribution is -2.04. The van der Waals surface area contributed by atoms with Crippen LogP contribution in [0, 0.1) is 18.6 Å². The molecule has 0 amide bonds. The number of benzene rings is 1. The molecule has 88 valence electrons. The van der Waals surface area contributed by atoms with Crippen LogP contribution in [-0.4, -0.2) is 5.78 Å². The summed E-state index contributed by atoms with van der Waals surface area (Å²) in [7, 11) is 0. The molecule has 2 aromatic rings. The standard InChI is InChI=1S/C12H7BrF2OS/c1-6-4-7(10(15)5-9(6)14)11(16)12-8(13)2-3-17-12/h2-5H,1H3. The van der Waals surface area contributed by atoms with Gasteiger partial charge in [0.15, 0.2) is 0 Å². The Bertz CT molecular complexity index is 592. The number of thiophene rings is 1. The molecule has 0 aliphatic heterocycles. The van der Waals surface area contributed by atoms with E-state index in [-0.39, 0.29) is 11.1 Å². The Labute approximate surface area is 109 Å². The summed E-state index contributed by atoms with van der Waals surface area (Å²) in [6.45, 7) is 1.50. The smallest absolute Gasteiger partial charge is 0.207 e. The first-order chi connectivity index (χ1) is 8.00. The SMILES string of the molecule is Cc1cc(C(=O)c2sccc2Br)c(F)cc1F. The first-order valence-electron chi connectivity index (χ1n) is 4.74. The van der Waals surface area contributed by atoms with E-state index in [1.807, 2.05) is 0 Å². The third-order valence-corrected chi connectivity index (χ3v) is 4.15. The van der Waals surface area contributed by atoms with Crippen LogP contribution in [0.25, 0.3) is 0 Å². The molecule has 0 atom stereocenters. The van der Waals surface area contributed by atoms with Gasteiger partial charge in [0.2, 0.25) is 5.78 Å². The highest BCUT2D eigenvalue weighted by molar-refractivity contribution is 9.10. The zero-order valence-corrected chi connectivity index (χ0v) is 11.2. The van der Waals surface area contributed by atoms with Crippen molar-refractivity contribution in [2.75, 3.05) is 0 Å². The Morgan fingerprint density at radius 1 is 1.29 bits per heavy atom. The topological polar surface area (TPSA) is 17.1 Å². The third kappa shape index (κ3) is 2.30. The Hall–Kier alpha value is -1.07. The van der Waals surface area contributed by atoms with Gasteiger partial charge in [-0.15, -0.1) is 11.3 Å². The van der Waals surface area contributed by atoms with E-state index < -0.39 is 17.4 Å². The van der Waals surface area contributed by atoms with Crippen LogP contribution in [0.15, 0.2) is 28.1 Å². The fourth-order valence-electron chi connectivity index (χ4n) is 1.41. The lowest BCUT2D eigenvalue weighted by Gasteiger charge is -2.04. The number of ketones is 1. The molecule has 1 aromatic carbocycles. The van der Waals surface area contributed by atoms with Gasteiger partial charge in [-0.1, -0.05) is 0 Å². The van der Waals surface area contributed by atoms with Crippen LogP contribution in [-0.2, 0) is 0 Å². The Kier molecular flexibility index (Phi) is 3.40. The molecule has 0 aliphatic carbocycles. The van der Waals surface area contributed by atoms with Gasteiger partial charge < -0.3 is 0 Å². The van der Waals surface area contributed by atoms with Crippen molar-refractivity contribution < 1.29 is 13.6 Å². The average molecular weight is 317 g/mol. The first kappa shape index (κ1) is 12.4. The van der Waals surface area contributed by atoms with Crippen LogP contribution in [0.1, 0.15) is 20.8 Å². The minimum atomic E-state index is -0.835. The molecule has 1 heterocycles. The van der Waals surface area contributed by atoms with E-state index in [9.17, 15) is 13.6 Å². The van der Waals surface area contributed by atoms with Gasteiger partial charge in [-0.3, -0.25) is 4.79 Å². The number of halogens is 3. The summed E-state index contributed by atoms with van der Waals surface area (Å²) < 4.78 is 27.2. The molecule has 0 saturated carbocycles. The number of rotatable bonds is 2. The second-order valence-electron chi connectivity index (χ2n) is 3.51. The van der Waals surface area contributed by atoms with E-state index >= 15 is 0 Å². The zero-order valence-electron chi connectivity index (χ0n) is 8.76. The molecule has 1 aromatic heterocycles. The van der Waals surface area contributed by atoms with Gasteiger partial charge in [0.05, 0.1) is 10.4 Å². The van der Waals surface area contributed by atoms with Crippen molar-refractivity contribution in [2.24, 2.45) is 0 Å². The van der Waals surface area contributed by atoms with Crippen molar-refractivity contribution in [1.29, 1.82) is 0 Å². The lowest BCUT2D eigenvalue weighted by molar-refractivity contribution is 0.103. The predicted molar refractivity (Wildman–Crippen MR) is 66.5 cm³/mol. The minimum Gasteiger partial charge on any atom is -0.288 e. The maximum Gasteiger partial charge on any atom is 0.207 e. The number of hydrogen-bond acceptors (Lipinski definition) is 2. The van der Waals surface area contributed by atoms with E-state index in [0.29, 0.717) is 9.35 Å². The zero-order chi connectivity index (χ0) is 12.6. The number of carbonyl (C=O) groups excluding carboxylic acids is 1. The van der Waals surface area contributed by atoms with E-state index in [4.69, 9.17) is 0 Å². The van der Waals surface area contributed by atoms with Crippen LogP contribution in [0.2, 0.25) is 0 Å². The quantitative estimate of drug-likeness (QED) is 0.754. The molecule has 0 unspecified atom stereocenters. The third-order valence-electron chi connectivity index (χ3n) is 2.32. The fraction of sp³-hybridized carbons (Fsp3) is 0.0833. The van der Waals surface area contributed by atoms with Crippen molar-refractivity contribution in [1.82, 2.24) is 0 Å². The van der Waals surface area contributed by atoms with Crippen LogP contribution >= 0.6 is 27.3 Å². The van der Waals surface area contributed by atoms with Gasteiger partial charge in [-0.25, -0.2) is 8.78 Å². The highest BCUT2D eigenvalue weighted by Crippen LogP contribution is 2.27. The Balaban J connectivity index is 2.52. The van der Waals surface area contributed by atoms with Gasteiger partial charge in [0, 0.05) is 10.5 Å². The second-order valence-corrected chi connectivity index (χ2v) is 5.28. The van der Waals surface area contributed by atoms with E-state index in [1.165, 1.54) is 24.3 Å². The maximum atomic E-state index is 13.5. The van der Waals surface area contributed by atoms with Crippen molar-refractivity contribution in [3.63, 3.8) is 0 Å². The largest absolute Gasteiger partial charge is 0.288 e. The van der Waals surface area contributed by atoms with Crippen molar-refractivity contribution in [3.05, 3.63) is 55.7 Å². The molecule has 0 bridgehead atoms. The van der Waals surface area contributed by atoms with Gasteiger partial charge in [-0.2, -0.15) is 0 Å². The molecule has 0 N–H and O–H groups in total. The molecule has 0 aliphatic rings. The highest BCUT2D eigenvalue weighted by atomic mass is 79.9. The van der Waals surface area contributed by atoms with Crippen LogP contribution in [0.5, 0.6) is 0 Å². The molecule has 0 radical (unpaired) electrons. The summed E-state index contributed by atoms with van der Waals surface area (Å²) in [6, 6.07) is 3.69. The average Bonchev–Trinajstić information content (AvgIpc) is 2.69. The molecule has 2 rings (SSSR count). The number of aryl methyl sites for hydroxylation is 1. The molecule has 0 spiro atoms. The van der Waals surface area contributed by atoms with Crippen molar-refractivity contribution in [3.8, 4) is 0 Å². The van der Waals surface area contributed by atoms with Crippen molar-refractivity contribution >= 4 is 33.0 Å². The summed E-state index contributed by atoms with van der Waals surface area (Å²) in [4.78, 5) is 12.4. The summed E-state index contributed by atoms with van der Waals surface area (Å²) in [5.74, 6) is -1.92. The van der Waals surface area contributed by atoms with Gasteiger partial charge in [0.25, 0.3) is 0 Å². The van der Waals surface area contributed by atoms with E-state index in [2.05, 4.69) is 15.9 Å². The van der Waals surface area contributed by atoms with Crippen LogP contribution in [0.4, 0.5) is 8.78 Å². The van der Waals surface area contributed by atoms with Crippen LogP contribution < -0.4 is 0 Å². The molecule has 0 saturated heterocycles.